The summed E-state index contributed by atoms with van der Waals surface area (Å²) >= 11 is 4.77. The Morgan fingerprint density at radius 1 is 1.05 bits per heavy atom. The third-order valence-electron chi connectivity index (χ3n) is 6.66. The van der Waals surface area contributed by atoms with Gasteiger partial charge in [0.05, 0.1) is 9.35 Å². The fourth-order valence-corrected chi connectivity index (χ4v) is 5.80. The standard InChI is InChI=1S/C31H37BrN4O4S/c1-30(2,3)25-14-13-24(41-25)27(37)35-22(28(38)36-15-7-8-23(36)29(39)40-31(4,5)6)16-19-9-11-20(12-10-19)26-33-17-21(32)18-34-26/h9-14,17-18,22-23H,7-8,15-16H2,1-6H3,(H,35,37)/t22-,23-/m0/s1. The van der Waals surface area contributed by atoms with E-state index in [0.717, 1.165) is 20.5 Å². The number of benzene rings is 1. The van der Waals surface area contributed by atoms with Crippen molar-refractivity contribution in [2.75, 3.05) is 6.54 Å². The van der Waals surface area contributed by atoms with Crippen molar-refractivity contribution in [3.05, 3.63) is 68.6 Å². The molecule has 1 N–H and O–H groups in total. The monoisotopic (exact) mass is 640 g/mol. The highest BCUT2D eigenvalue weighted by Gasteiger charge is 2.40. The van der Waals surface area contributed by atoms with Crippen LogP contribution in [0.25, 0.3) is 11.4 Å². The SMILES string of the molecule is CC(C)(C)OC(=O)[C@@H]1CCCN1C(=O)[C@H](Cc1ccc(-c2ncc(Br)cn2)cc1)NC(=O)c1ccc(C(C)(C)C)s1. The first-order valence-corrected chi connectivity index (χ1v) is 15.3. The molecule has 10 heteroatoms. The van der Waals surface area contributed by atoms with Crippen LogP contribution in [0.2, 0.25) is 0 Å². The molecular formula is C31H37BrN4O4S. The molecule has 2 aromatic heterocycles. The highest BCUT2D eigenvalue weighted by atomic mass is 79.9. The maximum atomic E-state index is 14.0. The average molecular weight is 642 g/mol. The minimum atomic E-state index is -0.861. The van der Waals surface area contributed by atoms with Crippen LogP contribution in [0.1, 0.15) is 74.5 Å². The molecule has 1 aliphatic heterocycles. The zero-order chi connectivity index (χ0) is 29.9. The van der Waals surface area contributed by atoms with Gasteiger partial charge in [0, 0.05) is 35.8 Å². The summed E-state index contributed by atoms with van der Waals surface area (Å²) in [7, 11) is 0. The molecule has 1 saturated heterocycles. The molecule has 4 rings (SSSR count). The third kappa shape index (κ3) is 8.01. The van der Waals surface area contributed by atoms with Crippen LogP contribution in [0, 0.1) is 0 Å². The molecule has 2 atom stereocenters. The Morgan fingerprint density at radius 2 is 1.71 bits per heavy atom. The topological polar surface area (TPSA) is 101 Å². The molecule has 0 bridgehead atoms. The van der Waals surface area contributed by atoms with E-state index in [1.165, 1.54) is 11.3 Å². The van der Waals surface area contributed by atoms with Crippen molar-refractivity contribution in [1.29, 1.82) is 0 Å². The Morgan fingerprint density at radius 3 is 2.29 bits per heavy atom. The Balaban J connectivity index is 1.58. The maximum absolute atomic E-state index is 14.0. The Labute approximate surface area is 254 Å². The fourth-order valence-electron chi connectivity index (χ4n) is 4.62. The Kier molecular flexibility index (Phi) is 9.33. The lowest BCUT2D eigenvalue weighted by molar-refractivity contribution is -0.163. The molecule has 1 aromatic carbocycles. The molecule has 8 nitrogen and oxygen atoms in total. The van der Waals surface area contributed by atoms with Crippen LogP contribution in [0.15, 0.2) is 53.3 Å². The zero-order valence-electron chi connectivity index (χ0n) is 24.4. The van der Waals surface area contributed by atoms with E-state index in [-0.39, 0.29) is 23.7 Å². The molecular weight excluding hydrogens is 604 g/mol. The van der Waals surface area contributed by atoms with Gasteiger partial charge in [-0.1, -0.05) is 45.0 Å². The predicted octanol–water partition coefficient (Wildman–Crippen LogP) is 5.94. The molecule has 3 aromatic rings. The van der Waals surface area contributed by atoms with Crippen molar-refractivity contribution in [3.8, 4) is 11.4 Å². The quantitative estimate of drug-likeness (QED) is 0.321. The number of amides is 2. The Hall–Kier alpha value is -3.11. The number of nitrogens with zero attached hydrogens (tertiary/aromatic N) is 3. The van der Waals surface area contributed by atoms with Gasteiger partial charge in [0.1, 0.15) is 17.7 Å². The van der Waals surface area contributed by atoms with Crippen LogP contribution in [0.5, 0.6) is 0 Å². The van der Waals surface area contributed by atoms with E-state index in [9.17, 15) is 14.4 Å². The highest BCUT2D eigenvalue weighted by Crippen LogP contribution is 2.30. The first-order valence-electron chi connectivity index (χ1n) is 13.7. The first-order chi connectivity index (χ1) is 19.2. The van der Waals surface area contributed by atoms with E-state index in [2.05, 4.69) is 52.0 Å². The van der Waals surface area contributed by atoms with Gasteiger partial charge in [0.25, 0.3) is 5.91 Å². The summed E-state index contributed by atoms with van der Waals surface area (Å²) in [5.41, 5.74) is 0.950. The van der Waals surface area contributed by atoms with Crippen LogP contribution in [-0.4, -0.2) is 56.9 Å². The van der Waals surface area contributed by atoms with E-state index >= 15 is 0 Å². The van der Waals surface area contributed by atoms with Crippen molar-refractivity contribution in [2.45, 2.75) is 83.9 Å². The maximum Gasteiger partial charge on any atom is 0.329 e. The number of thiophene rings is 1. The molecule has 0 unspecified atom stereocenters. The van der Waals surface area contributed by atoms with Gasteiger partial charge in [-0.2, -0.15) is 0 Å². The normalized spacial score (nSPS) is 16.4. The molecule has 0 saturated carbocycles. The number of halogens is 1. The van der Waals surface area contributed by atoms with E-state index in [4.69, 9.17) is 4.74 Å². The molecule has 1 aliphatic rings. The molecule has 41 heavy (non-hydrogen) atoms. The molecule has 2 amide bonds. The summed E-state index contributed by atoms with van der Waals surface area (Å²) in [5.74, 6) is -0.429. The van der Waals surface area contributed by atoms with Crippen LogP contribution >= 0.6 is 27.3 Å². The number of likely N-dealkylation sites (tertiary alicyclic amines) is 1. The molecule has 0 aliphatic carbocycles. The summed E-state index contributed by atoms with van der Waals surface area (Å²) in [6, 6.07) is 9.84. The van der Waals surface area contributed by atoms with Crippen molar-refractivity contribution in [2.24, 2.45) is 0 Å². The summed E-state index contributed by atoms with van der Waals surface area (Å²) in [4.78, 5) is 52.2. The number of nitrogens with one attached hydrogen (secondary N) is 1. The van der Waals surface area contributed by atoms with Gasteiger partial charge in [-0.05, 0) is 72.7 Å². The lowest BCUT2D eigenvalue weighted by atomic mass is 9.95. The van der Waals surface area contributed by atoms with Crippen LogP contribution in [0.4, 0.5) is 0 Å². The predicted molar refractivity (Wildman–Crippen MR) is 164 cm³/mol. The second-order valence-electron chi connectivity index (χ2n) is 12.3. The van der Waals surface area contributed by atoms with Crippen molar-refractivity contribution < 1.29 is 19.1 Å². The molecule has 0 spiro atoms. The largest absolute Gasteiger partial charge is 0.458 e. The number of carbonyl (C=O) groups is 3. The number of hydrogen-bond acceptors (Lipinski definition) is 7. The van der Waals surface area contributed by atoms with Crippen LogP contribution < -0.4 is 5.32 Å². The summed E-state index contributed by atoms with van der Waals surface area (Å²) < 4.78 is 6.41. The second kappa shape index (κ2) is 12.4. The smallest absolute Gasteiger partial charge is 0.329 e. The van der Waals surface area contributed by atoms with E-state index in [1.54, 1.807) is 23.4 Å². The number of ether oxygens (including phenoxy) is 1. The molecule has 1 fully saturated rings. The number of hydrogen-bond donors (Lipinski definition) is 1. The van der Waals surface area contributed by atoms with Gasteiger partial charge in [0.2, 0.25) is 5.91 Å². The number of esters is 1. The van der Waals surface area contributed by atoms with Crippen molar-refractivity contribution in [1.82, 2.24) is 20.2 Å². The molecule has 218 valence electrons. The highest BCUT2D eigenvalue weighted by molar-refractivity contribution is 9.10. The van der Waals surface area contributed by atoms with Gasteiger partial charge in [-0.3, -0.25) is 9.59 Å². The van der Waals surface area contributed by atoms with Crippen LogP contribution in [-0.2, 0) is 26.2 Å². The second-order valence-corrected chi connectivity index (χ2v) is 14.3. The Bertz CT molecular complexity index is 1390. The van der Waals surface area contributed by atoms with E-state index in [1.807, 2.05) is 51.1 Å². The molecule has 3 heterocycles. The van der Waals surface area contributed by atoms with Gasteiger partial charge < -0.3 is 15.0 Å². The summed E-state index contributed by atoms with van der Waals surface area (Å²) in [6.45, 7) is 12.2. The van der Waals surface area contributed by atoms with Crippen molar-refractivity contribution in [3.63, 3.8) is 0 Å². The van der Waals surface area contributed by atoms with Gasteiger partial charge in [0.15, 0.2) is 5.82 Å². The zero-order valence-corrected chi connectivity index (χ0v) is 26.8. The van der Waals surface area contributed by atoms with Gasteiger partial charge in [-0.25, -0.2) is 14.8 Å². The minimum absolute atomic E-state index is 0.0884. The number of carbonyl (C=O) groups excluding carboxylic acids is 3. The lowest BCUT2D eigenvalue weighted by Gasteiger charge is -2.30. The van der Waals surface area contributed by atoms with Crippen molar-refractivity contribution >= 4 is 45.1 Å². The number of aromatic nitrogens is 2. The van der Waals surface area contributed by atoms with Gasteiger partial charge in [-0.15, -0.1) is 11.3 Å². The lowest BCUT2D eigenvalue weighted by Crippen LogP contribution is -2.53. The first kappa shape index (κ1) is 30.8. The summed E-state index contributed by atoms with van der Waals surface area (Å²) in [5, 5.41) is 2.98. The van der Waals surface area contributed by atoms with E-state index in [0.29, 0.717) is 30.1 Å². The molecule has 0 radical (unpaired) electrons. The van der Waals surface area contributed by atoms with E-state index < -0.39 is 23.7 Å². The summed E-state index contributed by atoms with van der Waals surface area (Å²) in [6.07, 6.45) is 4.86. The third-order valence-corrected chi connectivity index (χ3v) is 8.58. The van der Waals surface area contributed by atoms with Crippen LogP contribution in [0.3, 0.4) is 0 Å². The fraction of sp³-hybridized carbons (Fsp3) is 0.452. The minimum Gasteiger partial charge on any atom is -0.458 e. The van der Waals surface area contributed by atoms with Gasteiger partial charge >= 0.3 is 5.97 Å². The number of rotatable bonds is 7. The average Bonchev–Trinajstić information content (AvgIpc) is 3.58.